The summed E-state index contributed by atoms with van der Waals surface area (Å²) >= 11 is 5.91. The Morgan fingerprint density at radius 2 is 1.84 bits per heavy atom. The Morgan fingerprint density at radius 1 is 1.13 bits per heavy atom. The van der Waals surface area contributed by atoms with Crippen molar-refractivity contribution in [1.82, 2.24) is 9.78 Å². The Kier molecular flexibility index (Phi) is 6.87. The third-order valence-corrected chi connectivity index (χ3v) is 4.96. The molecule has 0 radical (unpaired) electrons. The van der Waals surface area contributed by atoms with E-state index in [0.29, 0.717) is 22.1 Å². The Balaban J connectivity index is 1.75. The number of amides is 1. The lowest BCUT2D eigenvalue weighted by molar-refractivity contribution is -0.119. The van der Waals surface area contributed by atoms with E-state index in [2.05, 4.69) is 10.4 Å². The van der Waals surface area contributed by atoms with Crippen LogP contribution in [0.25, 0.3) is 5.69 Å². The fourth-order valence-corrected chi connectivity index (χ4v) is 3.24. The first-order valence-corrected chi connectivity index (χ1v) is 10.1. The summed E-state index contributed by atoms with van der Waals surface area (Å²) in [5.41, 5.74) is 2.76. The monoisotopic (exact) mass is 439 g/mol. The van der Waals surface area contributed by atoms with Crippen molar-refractivity contribution in [2.45, 2.75) is 27.2 Å². The maximum Gasteiger partial charge on any atom is 0.363 e. The zero-order valence-corrected chi connectivity index (χ0v) is 18.2. The number of ether oxygens (including phenoxy) is 1. The smallest absolute Gasteiger partial charge is 0.363 e. The molecule has 31 heavy (non-hydrogen) atoms. The average molecular weight is 440 g/mol. The molecule has 0 atom stereocenters. The summed E-state index contributed by atoms with van der Waals surface area (Å²) in [5.74, 6) is -1.47. The SMILES string of the molecule is CCc1cccc(C)c1NC(=O)COC(=O)c1nn(-c2ccc(Cl)cc2)c(C)cc1=O. The Hall–Kier alpha value is -3.45. The van der Waals surface area contributed by atoms with Gasteiger partial charge in [-0.2, -0.15) is 5.10 Å². The molecule has 0 fully saturated rings. The van der Waals surface area contributed by atoms with Gasteiger partial charge in [0.25, 0.3) is 5.91 Å². The summed E-state index contributed by atoms with van der Waals surface area (Å²) in [4.78, 5) is 37.1. The van der Waals surface area contributed by atoms with Crippen molar-refractivity contribution in [3.05, 3.63) is 86.3 Å². The Morgan fingerprint density at radius 3 is 2.52 bits per heavy atom. The molecule has 3 rings (SSSR count). The summed E-state index contributed by atoms with van der Waals surface area (Å²) in [6.45, 7) is 5.03. The number of hydrogen-bond donors (Lipinski definition) is 1. The van der Waals surface area contributed by atoms with E-state index < -0.39 is 29.6 Å². The van der Waals surface area contributed by atoms with Crippen LogP contribution < -0.4 is 10.7 Å². The van der Waals surface area contributed by atoms with Crippen LogP contribution in [0.4, 0.5) is 5.69 Å². The molecule has 1 amide bonds. The molecule has 0 saturated carbocycles. The van der Waals surface area contributed by atoms with Crippen molar-refractivity contribution >= 4 is 29.2 Å². The van der Waals surface area contributed by atoms with Crippen LogP contribution in [0.15, 0.2) is 53.3 Å². The van der Waals surface area contributed by atoms with Crippen LogP contribution in [0.2, 0.25) is 5.02 Å². The van der Waals surface area contributed by atoms with Gasteiger partial charge in [-0.05, 0) is 55.7 Å². The van der Waals surface area contributed by atoms with Gasteiger partial charge in [0, 0.05) is 22.5 Å². The van der Waals surface area contributed by atoms with Crippen LogP contribution in [-0.4, -0.2) is 28.3 Å². The third kappa shape index (κ3) is 5.19. The molecular formula is C23H22ClN3O4. The van der Waals surface area contributed by atoms with Crippen molar-refractivity contribution in [1.29, 1.82) is 0 Å². The van der Waals surface area contributed by atoms with Crippen LogP contribution >= 0.6 is 11.6 Å². The molecular weight excluding hydrogens is 418 g/mol. The number of nitrogens with zero attached hydrogens (tertiary/aromatic N) is 2. The first-order valence-electron chi connectivity index (χ1n) is 9.72. The highest BCUT2D eigenvalue weighted by molar-refractivity contribution is 6.30. The van der Waals surface area contributed by atoms with E-state index in [1.165, 1.54) is 10.7 Å². The number of carbonyl (C=O) groups is 2. The predicted molar refractivity (Wildman–Crippen MR) is 119 cm³/mol. The van der Waals surface area contributed by atoms with Gasteiger partial charge in [-0.25, -0.2) is 9.48 Å². The lowest BCUT2D eigenvalue weighted by Crippen LogP contribution is -2.27. The molecule has 3 aromatic rings. The minimum Gasteiger partial charge on any atom is -0.451 e. The summed E-state index contributed by atoms with van der Waals surface area (Å²) in [5, 5.41) is 7.45. The molecule has 2 aromatic carbocycles. The summed E-state index contributed by atoms with van der Waals surface area (Å²) in [7, 11) is 0. The zero-order valence-electron chi connectivity index (χ0n) is 17.4. The number of aromatic nitrogens is 2. The quantitative estimate of drug-likeness (QED) is 0.589. The first-order chi connectivity index (χ1) is 14.8. The number of nitrogens with one attached hydrogen (secondary N) is 1. The van der Waals surface area contributed by atoms with E-state index in [1.807, 2.05) is 32.0 Å². The highest BCUT2D eigenvalue weighted by atomic mass is 35.5. The average Bonchev–Trinajstić information content (AvgIpc) is 2.74. The molecule has 7 nitrogen and oxygen atoms in total. The van der Waals surface area contributed by atoms with Gasteiger partial charge in [-0.1, -0.05) is 36.7 Å². The third-order valence-electron chi connectivity index (χ3n) is 4.71. The highest BCUT2D eigenvalue weighted by Gasteiger charge is 2.19. The van der Waals surface area contributed by atoms with Crippen molar-refractivity contribution < 1.29 is 14.3 Å². The van der Waals surface area contributed by atoms with Gasteiger partial charge in [0.1, 0.15) is 0 Å². The number of rotatable bonds is 6. The summed E-state index contributed by atoms with van der Waals surface area (Å²) in [6.07, 6.45) is 0.745. The number of hydrogen-bond acceptors (Lipinski definition) is 5. The number of para-hydroxylation sites is 1. The van der Waals surface area contributed by atoms with E-state index in [-0.39, 0.29) is 0 Å². The maximum absolute atomic E-state index is 12.5. The number of benzene rings is 2. The second-order valence-corrected chi connectivity index (χ2v) is 7.41. The van der Waals surface area contributed by atoms with E-state index in [4.69, 9.17) is 16.3 Å². The fraction of sp³-hybridized carbons (Fsp3) is 0.217. The largest absolute Gasteiger partial charge is 0.451 e. The molecule has 0 aliphatic carbocycles. The van der Waals surface area contributed by atoms with Crippen molar-refractivity contribution in [3.63, 3.8) is 0 Å². The zero-order chi connectivity index (χ0) is 22.5. The second kappa shape index (κ2) is 9.57. The highest BCUT2D eigenvalue weighted by Crippen LogP contribution is 2.21. The van der Waals surface area contributed by atoms with Gasteiger partial charge in [-0.3, -0.25) is 9.59 Å². The van der Waals surface area contributed by atoms with Gasteiger partial charge in [0.15, 0.2) is 6.61 Å². The van der Waals surface area contributed by atoms with Gasteiger partial charge >= 0.3 is 5.97 Å². The molecule has 0 unspecified atom stereocenters. The normalized spacial score (nSPS) is 10.6. The molecule has 0 aliphatic rings. The maximum atomic E-state index is 12.5. The van der Waals surface area contributed by atoms with E-state index >= 15 is 0 Å². The molecule has 0 aliphatic heterocycles. The van der Waals surface area contributed by atoms with Gasteiger partial charge in [-0.15, -0.1) is 0 Å². The van der Waals surface area contributed by atoms with E-state index in [0.717, 1.165) is 17.5 Å². The number of halogens is 1. The van der Waals surface area contributed by atoms with Crippen LogP contribution in [0.5, 0.6) is 0 Å². The van der Waals surface area contributed by atoms with Crippen LogP contribution in [-0.2, 0) is 16.0 Å². The van der Waals surface area contributed by atoms with Crippen LogP contribution in [0, 0.1) is 13.8 Å². The number of esters is 1. The summed E-state index contributed by atoms with van der Waals surface area (Å²) in [6, 6.07) is 13.8. The van der Waals surface area contributed by atoms with Crippen LogP contribution in [0.3, 0.4) is 0 Å². The van der Waals surface area contributed by atoms with Crippen LogP contribution in [0.1, 0.15) is 34.2 Å². The van der Waals surface area contributed by atoms with Crippen molar-refractivity contribution in [2.75, 3.05) is 11.9 Å². The Labute approximate surface area is 184 Å². The minimum absolute atomic E-state index is 0.404. The van der Waals surface area contributed by atoms with Crippen molar-refractivity contribution in [3.8, 4) is 5.69 Å². The number of anilines is 1. The van der Waals surface area contributed by atoms with Gasteiger partial charge in [0.05, 0.1) is 5.69 Å². The lowest BCUT2D eigenvalue weighted by atomic mass is 10.1. The second-order valence-electron chi connectivity index (χ2n) is 6.97. The molecule has 1 aromatic heterocycles. The number of aryl methyl sites for hydroxylation is 3. The molecule has 0 spiro atoms. The fourth-order valence-electron chi connectivity index (χ4n) is 3.11. The topological polar surface area (TPSA) is 90.3 Å². The van der Waals surface area contributed by atoms with Gasteiger partial charge in [0.2, 0.25) is 11.1 Å². The number of carbonyl (C=O) groups excluding carboxylic acids is 2. The molecule has 8 heteroatoms. The lowest BCUT2D eigenvalue weighted by Gasteiger charge is -2.13. The molecule has 0 saturated heterocycles. The van der Waals surface area contributed by atoms with E-state index in [9.17, 15) is 14.4 Å². The molecule has 160 valence electrons. The standard InChI is InChI=1S/C23H22ClN3O4/c1-4-16-7-5-6-14(2)21(16)25-20(29)13-31-23(30)22-19(28)12-15(3)27(26-22)18-10-8-17(24)9-11-18/h5-12H,4,13H2,1-3H3,(H,25,29). The predicted octanol–water partition coefficient (Wildman–Crippen LogP) is 3.86. The molecule has 1 heterocycles. The molecule has 0 bridgehead atoms. The van der Waals surface area contributed by atoms with Gasteiger partial charge < -0.3 is 10.1 Å². The van der Waals surface area contributed by atoms with E-state index in [1.54, 1.807) is 31.2 Å². The minimum atomic E-state index is -0.969. The Bertz CT molecular complexity index is 1190. The van der Waals surface area contributed by atoms with Crippen molar-refractivity contribution in [2.24, 2.45) is 0 Å². The first kappa shape index (κ1) is 22.2. The summed E-state index contributed by atoms with van der Waals surface area (Å²) < 4.78 is 6.50. The molecule has 1 N–H and O–H groups in total.